The monoisotopic (exact) mass is 403 g/mol. The van der Waals surface area contributed by atoms with E-state index in [1.807, 2.05) is 19.1 Å². The van der Waals surface area contributed by atoms with Crippen molar-refractivity contribution in [2.75, 3.05) is 18.0 Å². The summed E-state index contributed by atoms with van der Waals surface area (Å²) in [5.41, 5.74) is 0. The van der Waals surface area contributed by atoms with Crippen LogP contribution in [0.3, 0.4) is 0 Å². The number of hydrogen-bond donors (Lipinski definition) is 1. The molecule has 0 spiro atoms. The molecule has 1 aliphatic carbocycles. The maximum Gasteiger partial charge on any atom is 0.233 e. The van der Waals surface area contributed by atoms with Gasteiger partial charge in [-0.15, -0.1) is 10.2 Å². The van der Waals surface area contributed by atoms with E-state index < -0.39 is 0 Å². The van der Waals surface area contributed by atoms with E-state index in [-0.39, 0.29) is 11.2 Å². The summed E-state index contributed by atoms with van der Waals surface area (Å²) in [5.74, 6) is 1.83. The molecule has 1 saturated carbocycles. The number of nitrogens with one attached hydrogen (secondary N) is 1. The van der Waals surface area contributed by atoms with Gasteiger partial charge in [0, 0.05) is 19.1 Å². The maximum absolute atomic E-state index is 12.6. The SMILES string of the molecule is CC(Sc1nnc(N2CCCCC2)n1Cc1ccco1)C(=O)NC1CCCC1. The molecule has 4 rings (SSSR count). The first-order valence-corrected chi connectivity index (χ1v) is 11.3. The van der Waals surface area contributed by atoms with Crippen LogP contribution in [0.1, 0.15) is 57.6 Å². The summed E-state index contributed by atoms with van der Waals surface area (Å²) in [6, 6.07) is 4.19. The third kappa shape index (κ3) is 4.54. The third-order valence-corrected chi connectivity index (χ3v) is 6.66. The first kappa shape index (κ1) is 19.4. The standard InChI is InChI=1S/C20H29N5O2S/c1-15(18(26)21-16-8-3-4-9-16)28-20-23-22-19(24-11-5-2-6-12-24)25(20)14-17-10-7-13-27-17/h7,10,13,15-16H,2-6,8-9,11-12,14H2,1H3,(H,21,26). The van der Waals surface area contributed by atoms with Crippen LogP contribution in [0.25, 0.3) is 0 Å². The summed E-state index contributed by atoms with van der Waals surface area (Å²) in [5, 5.41) is 12.7. The summed E-state index contributed by atoms with van der Waals surface area (Å²) < 4.78 is 7.65. The number of rotatable bonds is 7. The highest BCUT2D eigenvalue weighted by Crippen LogP contribution is 2.29. The fourth-order valence-electron chi connectivity index (χ4n) is 3.99. The predicted octanol–water partition coefficient (Wildman–Crippen LogP) is 3.45. The first-order valence-electron chi connectivity index (χ1n) is 10.4. The molecule has 0 radical (unpaired) electrons. The molecule has 1 N–H and O–H groups in total. The number of carbonyl (C=O) groups excluding carboxylic acids is 1. The average molecular weight is 404 g/mol. The van der Waals surface area contributed by atoms with E-state index in [4.69, 9.17) is 4.42 Å². The van der Waals surface area contributed by atoms with Crippen molar-refractivity contribution in [2.45, 2.75) is 74.9 Å². The molecule has 0 aromatic carbocycles. The summed E-state index contributed by atoms with van der Waals surface area (Å²) in [7, 11) is 0. The lowest BCUT2D eigenvalue weighted by Crippen LogP contribution is -2.37. The van der Waals surface area contributed by atoms with Crippen LogP contribution in [0, 0.1) is 0 Å². The quantitative estimate of drug-likeness (QED) is 0.714. The van der Waals surface area contributed by atoms with E-state index in [9.17, 15) is 4.79 Å². The molecule has 2 aromatic rings. The minimum Gasteiger partial charge on any atom is -0.467 e. The topological polar surface area (TPSA) is 76.2 Å². The molecular formula is C20H29N5O2S. The van der Waals surface area contributed by atoms with Crippen molar-refractivity contribution in [3.8, 4) is 0 Å². The van der Waals surface area contributed by atoms with Crippen molar-refractivity contribution in [3.63, 3.8) is 0 Å². The number of nitrogens with zero attached hydrogens (tertiary/aromatic N) is 4. The average Bonchev–Trinajstić information content (AvgIpc) is 3.46. The fraction of sp³-hybridized carbons (Fsp3) is 0.650. The number of amides is 1. The molecule has 3 heterocycles. The van der Waals surface area contributed by atoms with Gasteiger partial charge in [-0.25, -0.2) is 0 Å². The lowest BCUT2D eigenvalue weighted by Gasteiger charge is -2.27. The van der Waals surface area contributed by atoms with Gasteiger partial charge in [0.25, 0.3) is 0 Å². The van der Waals surface area contributed by atoms with E-state index in [1.165, 1.54) is 43.9 Å². The number of carbonyl (C=O) groups is 1. The Kier molecular flexibility index (Phi) is 6.24. The number of hydrogen-bond acceptors (Lipinski definition) is 6. The van der Waals surface area contributed by atoms with Gasteiger partial charge in [0.2, 0.25) is 11.9 Å². The van der Waals surface area contributed by atoms with E-state index >= 15 is 0 Å². The minimum absolute atomic E-state index is 0.0870. The van der Waals surface area contributed by atoms with Gasteiger partial charge in [-0.2, -0.15) is 0 Å². The van der Waals surface area contributed by atoms with Crippen LogP contribution in [0.4, 0.5) is 5.95 Å². The van der Waals surface area contributed by atoms with Gasteiger partial charge in [0.1, 0.15) is 5.76 Å². The van der Waals surface area contributed by atoms with Crippen molar-refractivity contribution < 1.29 is 9.21 Å². The highest BCUT2D eigenvalue weighted by atomic mass is 32.2. The maximum atomic E-state index is 12.6. The van der Waals surface area contributed by atoms with Crippen LogP contribution in [0.2, 0.25) is 0 Å². The molecular weight excluding hydrogens is 374 g/mol. The van der Waals surface area contributed by atoms with Crippen LogP contribution in [-0.2, 0) is 11.3 Å². The van der Waals surface area contributed by atoms with Crippen LogP contribution in [0.15, 0.2) is 28.0 Å². The third-order valence-electron chi connectivity index (χ3n) is 5.58. The largest absolute Gasteiger partial charge is 0.467 e. The van der Waals surface area contributed by atoms with Crippen molar-refractivity contribution in [2.24, 2.45) is 0 Å². The summed E-state index contributed by atoms with van der Waals surface area (Å²) in [6.07, 6.45) is 9.92. The second-order valence-electron chi connectivity index (χ2n) is 7.75. The highest BCUT2D eigenvalue weighted by molar-refractivity contribution is 8.00. The van der Waals surface area contributed by atoms with Gasteiger partial charge in [-0.1, -0.05) is 24.6 Å². The van der Waals surface area contributed by atoms with E-state index in [1.54, 1.807) is 6.26 Å². The molecule has 1 aliphatic heterocycles. The Labute approximate surface area is 170 Å². The summed E-state index contributed by atoms with van der Waals surface area (Å²) in [4.78, 5) is 14.9. The lowest BCUT2D eigenvalue weighted by atomic mass is 10.1. The fourth-order valence-corrected chi connectivity index (χ4v) is 4.85. The van der Waals surface area contributed by atoms with Crippen LogP contribution in [0.5, 0.6) is 0 Å². The molecule has 2 fully saturated rings. The Morgan fingerprint density at radius 1 is 1.25 bits per heavy atom. The van der Waals surface area contributed by atoms with E-state index in [0.29, 0.717) is 12.6 Å². The number of aromatic nitrogens is 3. The molecule has 1 amide bonds. The van der Waals surface area contributed by atoms with Crippen LogP contribution < -0.4 is 10.2 Å². The van der Waals surface area contributed by atoms with Crippen LogP contribution >= 0.6 is 11.8 Å². The van der Waals surface area contributed by atoms with Gasteiger partial charge in [0.15, 0.2) is 5.16 Å². The van der Waals surface area contributed by atoms with Gasteiger partial charge < -0.3 is 14.6 Å². The highest BCUT2D eigenvalue weighted by Gasteiger charge is 2.26. The smallest absolute Gasteiger partial charge is 0.233 e. The Balaban J connectivity index is 1.50. The lowest BCUT2D eigenvalue weighted by molar-refractivity contribution is -0.120. The second kappa shape index (κ2) is 9.03. The summed E-state index contributed by atoms with van der Waals surface area (Å²) in [6.45, 7) is 4.52. The number of anilines is 1. The van der Waals surface area contributed by atoms with Gasteiger partial charge in [-0.3, -0.25) is 9.36 Å². The Morgan fingerprint density at radius 3 is 2.75 bits per heavy atom. The molecule has 2 aliphatic rings. The molecule has 28 heavy (non-hydrogen) atoms. The number of piperidine rings is 1. The molecule has 8 heteroatoms. The van der Waals surface area contributed by atoms with Gasteiger partial charge in [0.05, 0.1) is 18.1 Å². The zero-order valence-electron chi connectivity index (χ0n) is 16.5. The summed E-state index contributed by atoms with van der Waals surface area (Å²) >= 11 is 1.48. The van der Waals surface area contributed by atoms with Gasteiger partial charge in [-0.05, 0) is 51.2 Å². The van der Waals surface area contributed by atoms with Crippen molar-refractivity contribution in [1.82, 2.24) is 20.1 Å². The Morgan fingerprint density at radius 2 is 2.04 bits per heavy atom. The molecule has 2 aromatic heterocycles. The number of furan rings is 1. The minimum atomic E-state index is -0.214. The molecule has 152 valence electrons. The first-order chi connectivity index (χ1) is 13.7. The zero-order chi connectivity index (χ0) is 19.3. The molecule has 1 unspecified atom stereocenters. The second-order valence-corrected chi connectivity index (χ2v) is 9.05. The molecule has 1 atom stereocenters. The normalized spacial score (nSPS) is 19.1. The van der Waals surface area contributed by atoms with Crippen molar-refractivity contribution in [3.05, 3.63) is 24.2 Å². The Bertz CT molecular complexity index is 764. The van der Waals surface area contributed by atoms with E-state index in [2.05, 4.69) is 25.0 Å². The Hall–Kier alpha value is -1.96. The van der Waals surface area contributed by atoms with Crippen LogP contribution in [-0.4, -0.2) is 45.1 Å². The van der Waals surface area contributed by atoms with Crippen molar-refractivity contribution >= 4 is 23.6 Å². The van der Waals surface area contributed by atoms with E-state index in [0.717, 1.165) is 42.8 Å². The molecule has 1 saturated heterocycles. The molecule has 7 nitrogen and oxygen atoms in total. The zero-order valence-corrected chi connectivity index (χ0v) is 17.3. The number of thioether (sulfide) groups is 1. The predicted molar refractivity (Wildman–Crippen MR) is 110 cm³/mol. The van der Waals surface area contributed by atoms with Gasteiger partial charge >= 0.3 is 0 Å². The van der Waals surface area contributed by atoms with Crippen molar-refractivity contribution in [1.29, 1.82) is 0 Å². The molecule has 0 bridgehead atoms.